The largest absolute Gasteiger partial charge is 0.298 e. The van der Waals surface area contributed by atoms with Crippen LogP contribution >= 0.6 is 11.3 Å². The molecular weight excluding hydrogens is 266 g/mol. The van der Waals surface area contributed by atoms with Crippen LogP contribution in [0.1, 0.15) is 15.9 Å². The van der Waals surface area contributed by atoms with Crippen LogP contribution in [0.5, 0.6) is 0 Å². The Morgan fingerprint density at radius 3 is 2.55 bits per heavy atom. The third kappa shape index (κ3) is 2.40. The first kappa shape index (κ1) is 12.8. The highest BCUT2D eigenvalue weighted by molar-refractivity contribution is 7.13. The van der Waals surface area contributed by atoms with Crippen molar-refractivity contribution in [1.29, 1.82) is 0 Å². The van der Waals surface area contributed by atoms with Crippen LogP contribution in [-0.2, 0) is 0 Å². The van der Waals surface area contributed by atoms with Crippen LogP contribution in [0, 0.1) is 6.92 Å². The normalized spacial score (nSPS) is 10.4. The molecule has 0 aliphatic carbocycles. The summed E-state index contributed by atoms with van der Waals surface area (Å²) in [4.78, 5) is 15.7. The van der Waals surface area contributed by atoms with Gasteiger partial charge in [0.2, 0.25) is 0 Å². The lowest BCUT2D eigenvalue weighted by atomic mass is 10.1. The molecule has 3 rings (SSSR count). The molecule has 1 aromatic heterocycles. The van der Waals surface area contributed by atoms with E-state index >= 15 is 0 Å². The molecule has 0 radical (unpaired) electrons. The van der Waals surface area contributed by atoms with Gasteiger partial charge in [0.15, 0.2) is 6.29 Å². The molecule has 0 spiro atoms. The predicted octanol–water partition coefficient (Wildman–Crippen LogP) is 4.60. The summed E-state index contributed by atoms with van der Waals surface area (Å²) in [5.41, 5.74) is 4.85. The number of aryl methyl sites for hydroxylation is 1. The Hall–Kier alpha value is -2.26. The van der Waals surface area contributed by atoms with Crippen LogP contribution in [0.3, 0.4) is 0 Å². The maximum Gasteiger partial charge on any atom is 0.150 e. The molecule has 0 saturated heterocycles. The van der Waals surface area contributed by atoms with Gasteiger partial charge in [-0.3, -0.25) is 4.79 Å². The summed E-state index contributed by atoms with van der Waals surface area (Å²) < 4.78 is 0. The lowest BCUT2D eigenvalue weighted by Gasteiger charge is -2.00. The fourth-order valence-electron chi connectivity index (χ4n) is 2.05. The van der Waals surface area contributed by atoms with Gasteiger partial charge >= 0.3 is 0 Å². The molecule has 1 heterocycles. The molecule has 2 aromatic carbocycles. The van der Waals surface area contributed by atoms with Crippen molar-refractivity contribution in [1.82, 2.24) is 4.98 Å². The third-order valence-corrected chi connectivity index (χ3v) is 4.05. The highest BCUT2D eigenvalue weighted by atomic mass is 32.1. The molecular formula is C17H13NOS. The number of carbonyl (C=O) groups excluding carboxylic acids is 1. The number of aldehydes is 1. The van der Waals surface area contributed by atoms with Gasteiger partial charge in [0.25, 0.3) is 0 Å². The summed E-state index contributed by atoms with van der Waals surface area (Å²) in [5.74, 6) is 0. The molecule has 0 saturated carbocycles. The highest BCUT2D eigenvalue weighted by Crippen LogP contribution is 2.30. The number of carbonyl (C=O) groups is 1. The van der Waals surface area contributed by atoms with E-state index in [1.54, 1.807) is 11.3 Å². The van der Waals surface area contributed by atoms with Crippen molar-refractivity contribution < 1.29 is 4.79 Å². The number of aromatic nitrogens is 1. The second kappa shape index (κ2) is 5.39. The molecule has 98 valence electrons. The van der Waals surface area contributed by atoms with E-state index in [0.717, 1.165) is 28.1 Å². The zero-order valence-corrected chi connectivity index (χ0v) is 11.9. The average molecular weight is 279 g/mol. The molecule has 0 aliphatic rings. The number of hydrogen-bond donors (Lipinski definition) is 0. The minimum Gasteiger partial charge on any atom is -0.298 e. The third-order valence-electron chi connectivity index (χ3n) is 3.17. The number of benzene rings is 2. The Labute approximate surface area is 121 Å². The molecule has 3 heteroatoms. The smallest absolute Gasteiger partial charge is 0.150 e. The van der Waals surface area contributed by atoms with Gasteiger partial charge in [-0.25, -0.2) is 4.98 Å². The zero-order chi connectivity index (χ0) is 13.9. The van der Waals surface area contributed by atoms with Crippen molar-refractivity contribution in [3.05, 3.63) is 65.0 Å². The Bertz CT molecular complexity index is 744. The van der Waals surface area contributed by atoms with Gasteiger partial charge in [0.05, 0.1) is 5.69 Å². The summed E-state index contributed by atoms with van der Waals surface area (Å²) in [5, 5.41) is 2.91. The Morgan fingerprint density at radius 2 is 1.80 bits per heavy atom. The van der Waals surface area contributed by atoms with Crippen LogP contribution in [0.2, 0.25) is 0 Å². The molecule has 0 aliphatic heterocycles. The minimum absolute atomic E-state index is 0.678. The SMILES string of the molecule is Cc1ccc(-c2csc(-c3ccccc3C=O)n2)cc1. The monoisotopic (exact) mass is 279 g/mol. The first-order chi connectivity index (χ1) is 9.78. The first-order valence-corrected chi connectivity index (χ1v) is 7.23. The summed E-state index contributed by atoms with van der Waals surface area (Å²) in [6.45, 7) is 2.07. The fraction of sp³-hybridized carbons (Fsp3) is 0.0588. The molecule has 0 bridgehead atoms. The van der Waals surface area contributed by atoms with E-state index in [9.17, 15) is 4.79 Å². The lowest BCUT2D eigenvalue weighted by molar-refractivity contribution is 0.112. The molecule has 0 fully saturated rings. The maximum absolute atomic E-state index is 11.1. The predicted molar refractivity (Wildman–Crippen MR) is 83.1 cm³/mol. The second-order valence-electron chi connectivity index (χ2n) is 4.61. The Balaban J connectivity index is 2.02. The van der Waals surface area contributed by atoms with Crippen molar-refractivity contribution in [2.24, 2.45) is 0 Å². The van der Waals surface area contributed by atoms with Crippen molar-refractivity contribution in [3.63, 3.8) is 0 Å². The quantitative estimate of drug-likeness (QED) is 0.656. The van der Waals surface area contributed by atoms with Crippen LogP contribution in [-0.4, -0.2) is 11.3 Å². The van der Waals surface area contributed by atoms with Crippen molar-refractivity contribution in [2.75, 3.05) is 0 Å². The van der Waals surface area contributed by atoms with E-state index in [1.807, 2.05) is 29.6 Å². The number of nitrogens with zero attached hydrogens (tertiary/aromatic N) is 1. The van der Waals surface area contributed by atoms with E-state index in [2.05, 4.69) is 36.2 Å². The molecule has 2 nitrogen and oxygen atoms in total. The standard InChI is InChI=1S/C17H13NOS/c1-12-6-8-13(9-7-12)16-11-20-17(18-16)15-5-3-2-4-14(15)10-19/h2-11H,1H3. The lowest BCUT2D eigenvalue weighted by Crippen LogP contribution is -1.86. The summed E-state index contributed by atoms with van der Waals surface area (Å²) in [7, 11) is 0. The van der Waals surface area contributed by atoms with Gasteiger partial charge in [-0.05, 0) is 6.92 Å². The van der Waals surface area contributed by atoms with Crippen LogP contribution in [0.15, 0.2) is 53.9 Å². The van der Waals surface area contributed by atoms with Crippen LogP contribution in [0.4, 0.5) is 0 Å². The fourth-order valence-corrected chi connectivity index (χ4v) is 2.92. The van der Waals surface area contributed by atoms with Crippen molar-refractivity contribution in [3.8, 4) is 21.8 Å². The van der Waals surface area contributed by atoms with Gasteiger partial charge in [-0.15, -0.1) is 11.3 Å². The summed E-state index contributed by atoms with van der Waals surface area (Å²) >= 11 is 1.56. The first-order valence-electron chi connectivity index (χ1n) is 6.35. The number of thiazole rings is 1. The van der Waals surface area contributed by atoms with Gasteiger partial charge in [-0.2, -0.15) is 0 Å². The molecule has 20 heavy (non-hydrogen) atoms. The average Bonchev–Trinajstić information content (AvgIpc) is 2.97. The molecule has 0 N–H and O–H groups in total. The van der Waals surface area contributed by atoms with Crippen molar-refractivity contribution >= 4 is 17.6 Å². The minimum atomic E-state index is 0.678. The molecule has 3 aromatic rings. The maximum atomic E-state index is 11.1. The van der Waals surface area contributed by atoms with E-state index < -0.39 is 0 Å². The van der Waals surface area contributed by atoms with E-state index in [1.165, 1.54) is 5.56 Å². The molecule has 0 unspecified atom stereocenters. The van der Waals surface area contributed by atoms with Gasteiger partial charge in [-0.1, -0.05) is 54.1 Å². The van der Waals surface area contributed by atoms with Crippen LogP contribution in [0.25, 0.3) is 21.8 Å². The Morgan fingerprint density at radius 1 is 1.05 bits per heavy atom. The zero-order valence-electron chi connectivity index (χ0n) is 11.0. The molecule has 0 atom stereocenters. The second-order valence-corrected chi connectivity index (χ2v) is 5.47. The van der Waals surface area contributed by atoms with Crippen LogP contribution < -0.4 is 0 Å². The van der Waals surface area contributed by atoms with E-state index in [0.29, 0.717) is 5.56 Å². The topological polar surface area (TPSA) is 30.0 Å². The highest BCUT2D eigenvalue weighted by Gasteiger charge is 2.09. The van der Waals surface area contributed by atoms with E-state index in [4.69, 9.17) is 0 Å². The molecule has 0 amide bonds. The van der Waals surface area contributed by atoms with Gasteiger partial charge < -0.3 is 0 Å². The number of hydrogen-bond acceptors (Lipinski definition) is 3. The number of rotatable bonds is 3. The summed E-state index contributed by atoms with van der Waals surface area (Å²) in [6, 6.07) is 15.8. The summed E-state index contributed by atoms with van der Waals surface area (Å²) in [6.07, 6.45) is 0.877. The Kier molecular flexibility index (Phi) is 3.44. The van der Waals surface area contributed by atoms with Crippen molar-refractivity contribution in [2.45, 2.75) is 6.92 Å². The van der Waals surface area contributed by atoms with E-state index in [-0.39, 0.29) is 0 Å². The van der Waals surface area contributed by atoms with Gasteiger partial charge in [0, 0.05) is 22.1 Å². The van der Waals surface area contributed by atoms with Gasteiger partial charge in [0.1, 0.15) is 5.01 Å².